The molecule has 0 spiro atoms. The molecule has 2 fully saturated rings. The third kappa shape index (κ3) is 3.75. The van der Waals surface area contributed by atoms with Gasteiger partial charge in [-0.25, -0.2) is 0 Å². The highest BCUT2D eigenvalue weighted by Crippen LogP contribution is 2.38. The monoisotopic (exact) mass is 282 g/mol. The van der Waals surface area contributed by atoms with Crippen LogP contribution in [-0.2, 0) is 4.74 Å². The number of ether oxygens (including phenoxy) is 1. The van der Waals surface area contributed by atoms with E-state index < -0.39 is 0 Å². The first-order valence-electron chi connectivity index (χ1n) is 8.55. The van der Waals surface area contributed by atoms with Gasteiger partial charge in [0.25, 0.3) is 0 Å². The van der Waals surface area contributed by atoms with Gasteiger partial charge in [-0.1, -0.05) is 27.2 Å². The Morgan fingerprint density at radius 3 is 2.75 bits per heavy atom. The standard InChI is InChI=1S/C17H34N2O/c1-5-18-16-15(9-6-10-17(16,2)3)19-11-7-8-14(12-19)13-20-4/h14-16,18H,5-13H2,1-4H3. The lowest BCUT2D eigenvalue weighted by molar-refractivity contribution is 0.0102. The van der Waals surface area contributed by atoms with Crippen molar-refractivity contribution in [3.63, 3.8) is 0 Å². The summed E-state index contributed by atoms with van der Waals surface area (Å²) < 4.78 is 5.39. The van der Waals surface area contributed by atoms with E-state index in [1.54, 1.807) is 0 Å². The molecule has 0 aromatic rings. The predicted octanol–water partition coefficient (Wildman–Crippen LogP) is 2.90. The molecule has 1 N–H and O–H groups in total. The summed E-state index contributed by atoms with van der Waals surface area (Å²) in [5.74, 6) is 0.737. The molecule has 1 saturated carbocycles. The summed E-state index contributed by atoms with van der Waals surface area (Å²) >= 11 is 0. The van der Waals surface area contributed by atoms with Crippen molar-refractivity contribution < 1.29 is 4.74 Å². The third-order valence-electron chi connectivity index (χ3n) is 5.39. The van der Waals surface area contributed by atoms with Gasteiger partial charge in [-0.15, -0.1) is 0 Å². The molecule has 1 aliphatic carbocycles. The summed E-state index contributed by atoms with van der Waals surface area (Å²) in [5.41, 5.74) is 0.424. The highest BCUT2D eigenvalue weighted by molar-refractivity contribution is 4.99. The molecule has 1 heterocycles. The van der Waals surface area contributed by atoms with Gasteiger partial charge in [-0.05, 0) is 50.1 Å². The zero-order chi connectivity index (χ0) is 14.6. The Morgan fingerprint density at radius 1 is 1.25 bits per heavy atom. The maximum Gasteiger partial charge on any atom is 0.0502 e. The molecule has 3 atom stereocenters. The molecule has 0 aromatic heterocycles. The van der Waals surface area contributed by atoms with Gasteiger partial charge in [0.1, 0.15) is 0 Å². The van der Waals surface area contributed by atoms with Crippen LogP contribution in [0, 0.1) is 11.3 Å². The summed E-state index contributed by atoms with van der Waals surface area (Å²) in [6.07, 6.45) is 6.78. The first kappa shape index (κ1) is 16.3. The summed E-state index contributed by atoms with van der Waals surface area (Å²) in [6.45, 7) is 11.7. The molecular weight excluding hydrogens is 248 g/mol. The van der Waals surface area contributed by atoms with E-state index in [1.165, 1.54) is 45.2 Å². The Bertz CT molecular complexity index is 291. The lowest BCUT2D eigenvalue weighted by Crippen LogP contribution is -2.60. The Hall–Kier alpha value is -0.120. The van der Waals surface area contributed by atoms with Gasteiger partial charge in [0.2, 0.25) is 0 Å². The van der Waals surface area contributed by atoms with Crippen LogP contribution in [0.1, 0.15) is 52.9 Å². The topological polar surface area (TPSA) is 24.5 Å². The predicted molar refractivity (Wildman–Crippen MR) is 85.1 cm³/mol. The van der Waals surface area contributed by atoms with E-state index in [-0.39, 0.29) is 0 Å². The van der Waals surface area contributed by atoms with Crippen LogP contribution in [0.3, 0.4) is 0 Å². The molecule has 3 nitrogen and oxygen atoms in total. The number of nitrogens with one attached hydrogen (secondary N) is 1. The van der Waals surface area contributed by atoms with Crippen LogP contribution in [0.5, 0.6) is 0 Å². The second kappa shape index (κ2) is 7.24. The second-order valence-corrected chi connectivity index (χ2v) is 7.44. The average molecular weight is 282 g/mol. The van der Waals surface area contributed by atoms with Crippen LogP contribution < -0.4 is 5.32 Å². The molecule has 0 radical (unpaired) electrons. The second-order valence-electron chi connectivity index (χ2n) is 7.44. The maximum atomic E-state index is 5.39. The van der Waals surface area contributed by atoms with E-state index in [0.717, 1.165) is 25.1 Å². The summed E-state index contributed by atoms with van der Waals surface area (Å²) in [4.78, 5) is 2.77. The zero-order valence-corrected chi connectivity index (χ0v) is 14.0. The van der Waals surface area contributed by atoms with Crippen LogP contribution in [0.25, 0.3) is 0 Å². The molecular formula is C17H34N2O. The SMILES string of the molecule is CCNC1C(N2CCCC(COC)C2)CCCC1(C)C. The van der Waals surface area contributed by atoms with E-state index >= 15 is 0 Å². The molecule has 3 unspecified atom stereocenters. The highest BCUT2D eigenvalue weighted by Gasteiger charge is 2.41. The van der Waals surface area contributed by atoms with E-state index in [2.05, 4.69) is 31.0 Å². The molecule has 20 heavy (non-hydrogen) atoms. The van der Waals surface area contributed by atoms with Crippen molar-refractivity contribution in [1.29, 1.82) is 0 Å². The Kier molecular flexibility index (Phi) is 5.88. The van der Waals surface area contributed by atoms with E-state index in [1.807, 2.05) is 7.11 Å². The van der Waals surface area contributed by atoms with Gasteiger partial charge in [0.15, 0.2) is 0 Å². The number of rotatable bonds is 5. The van der Waals surface area contributed by atoms with Gasteiger partial charge in [0, 0.05) is 25.7 Å². The lowest BCUT2D eigenvalue weighted by Gasteiger charge is -2.50. The normalized spacial score (nSPS) is 35.1. The summed E-state index contributed by atoms with van der Waals surface area (Å²) in [5, 5.41) is 3.80. The fourth-order valence-corrected chi connectivity index (χ4v) is 4.41. The molecule has 1 aliphatic heterocycles. The van der Waals surface area contributed by atoms with Crippen molar-refractivity contribution in [3.05, 3.63) is 0 Å². The van der Waals surface area contributed by atoms with Crippen molar-refractivity contribution in [1.82, 2.24) is 10.2 Å². The number of nitrogens with zero attached hydrogens (tertiary/aromatic N) is 1. The van der Waals surface area contributed by atoms with Gasteiger partial charge in [-0.2, -0.15) is 0 Å². The third-order valence-corrected chi connectivity index (χ3v) is 5.39. The first-order chi connectivity index (χ1) is 9.58. The minimum atomic E-state index is 0.424. The minimum absolute atomic E-state index is 0.424. The van der Waals surface area contributed by atoms with Crippen LogP contribution >= 0.6 is 0 Å². The number of methoxy groups -OCH3 is 1. The van der Waals surface area contributed by atoms with Crippen molar-refractivity contribution in [2.45, 2.75) is 65.0 Å². The van der Waals surface area contributed by atoms with Gasteiger partial charge in [0.05, 0.1) is 6.61 Å². The molecule has 0 bridgehead atoms. The zero-order valence-electron chi connectivity index (χ0n) is 14.0. The highest BCUT2D eigenvalue weighted by atomic mass is 16.5. The van der Waals surface area contributed by atoms with Crippen LogP contribution in [0.4, 0.5) is 0 Å². The quantitative estimate of drug-likeness (QED) is 0.839. The molecule has 0 aromatic carbocycles. The van der Waals surface area contributed by atoms with E-state index in [4.69, 9.17) is 4.74 Å². The fourth-order valence-electron chi connectivity index (χ4n) is 4.41. The average Bonchev–Trinajstić information content (AvgIpc) is 2.42. The molecule has 2 rings (SSSR count). The number of likely N-dealkylation sites (tertiary alicyclic amines) is 1. The van der Waals surface area contributed by atoms with Crippen molar-refractivity contribution in [2.75, 3.05) is 33.4 Å². The number of piperidine rings is 1. The summed E-state index contributed by atoms with van der Waals surface area (Å²) in [7, 11) is 1.84. The fraction of sp³-hybridized carbons (Fsp3) is 1.00. The van der Waals surface area contributed by atoms with Crippen LogP contribution in [0.15, 0.2) is 0 Å². The molecule has 2 aliphatic rings. The molecule has 118 valence electrons. The molecule has 1 saturated heterocycles. The van der Waals surface area contributed by atoms with Crippen LogP contribution in [-0.4, -0.2) is 50.3 Å². The number of hydrogen-bond acceptors (Lipinski definition) is 3. The summed E-state index contributed by atoms with van der Waals surface area (Å²) in [6, 6.07) is 1.36. The van der Waals surface area contributed by atoms with Crippen LogP contribution in [0.2, 0.25) is 0 Å². The maximum absolute atomic E-state index is 5.39. The number of hydrogen-bond donors (Lipinski definition) is 1. The smallest absolute Gasteiger partial charge is 0.0502 e. The van der Waals surface area contributed by atoms with Crippen molar-refractivity contribution >= 4 is 0 Å². The first-order valence-corrected chi connectivity index (χ1v) is 8.55. The van der Waals surface area contributed by atoms with Crippen molar-refractivity contribution in [3.8, 4) is 0 Å². The molecule has 0 amide bonds. The van der Waals surface area contributed by atoms with Gasteiger partial charge in [-0.3, -0.25) is 4.90 Å². The Labute approximate surface area is 125 Å². The van der Waals surface area contributed by atoms with Gasteiger partial charge < -0.3 is 10.1 Å². The Morgan fingerprint density at radius 2 is 2.05 bits per heavy atom. The lowest BCUT2D eigenvalue weighted by atomic mass is 9.70. The van der Waals surface area contributed by atoms with Gasteiger partial charge >= 0.3 is 0 Å². The minimum Gasteiger partial charge on any atom is -0.384 e. The largest absolute Gasteiger partial charge is 0.384 e. The number of likely N-dealkylation sites (N-methyl/N-ethyl adjacent to an activating group) is 1. The van der Waals surface area contributed by atoms with E-state index in [0.29, 0.717) is 11.5 Å². The van der Waals surface area contributed by atoms with Crippen molar-refractivity contribution in [2.24, 2.45) is 11.3 Å². The molecule has 3 heteroatoms. The Balaban J connectivity index is 2.04. The van der Waals surface area contributed by atoms with E-state index in [9.17, 15) is 0 Å².